The standard InChI is InChI=1S/C42H34O4/c1-43-32-18-10-27(11-19-32)38-37-26-31-8-6-5-7-9-36(31)42(37)41(30-16-24-35(46-4)25-17-30)40(29-14-22-34(45-3)23-15-29)39(38)28-12-20-33(44-2)21-13-28/h5-26H,1-4H3. The lowest BCUT2D eigenvalue weighted by Gasteiger charge is -2.24. The normalized spacial score (nSPS) is 11.0. The highest BCUT2D eigenvalue weighted by atomic mass is 16.5. The monoisotopic (exact) mass is 602 g/mol. The zero-order valence-corrected chi connectivity index (χ0v) is 26.3. The summed E-state index contributed by atoms with van der Waals surface area (Å²) in [5.74, 6) is 3.25. The van der Waals surface area contributed by atoms with E-state index in [0.29, 0.717) is 0 Å². The van der Waals surface area contributed by atoms with Crippen molar-refractivity contribution < 1.29 is 18.9 Å². The van der Waals surface area contributed by atoms with Crippen LogP contribution in [0.5, 0.6) is 23.0 Å². The molecular weight excluding hydrogens is 568 g/mol. The van der Waals surface area contributed by atoms with Crippen LogP contribution >= 0.6 is 0 Å². The molecule has 0 fully saturated rings. The molecule has 5 aromatic carbocycles. The van der Waals surface area contributed by atoms with E-state index >= 15 is 0 Å². The molecule has 0 N–H and O–H groups in total. The Morgan fingerprint density at radius 3 is 1.13 bits per heavy atom. The molecular formula is C42H34O4. The van der Waals surface area contributed by atoms with Crippen LogP contribution in [0.2, 0.25) is 0 Å². The summed E-state index contributed by atoms with van der Waals surface area (Å²) in [7, 11) is 6.80. The summed E-state index contributed by atoms with van der Waals surface area (Å²) in [6.07, 6.45) is 0. The van der Waals surface area contributed by atoms with E-state index in [4.69, 9.17) is 18.9 Å². The van der Waals surface area contributed by atoms with Crippen molar-refractivity contribution in [1.29, 1.82) is 0 Å². The summed E-state index contributed by atoms with van der Waals surface area (Å²) in [6, 6.07) is 46.6. The van der Waals surface area contributed by atoms with Crippen LogP contribution in [0, 0.1) is 0 Å². The van der Waals surface area contributed by atoms with Gasteiger partial charge in [-0.05, 0) is 121 Å². The van der Waals surface area contributed by atoms with Gasteiger partial charge in [-0.25, -0.2) is 0 Å². The zero-order valence-electron chi connectivity index (χ0n) is 26.3. The largest absolute Gasteiger partial charge is 0.497 e. The molecule has 7 rings (SSSR count). The highest BCUT2D eigenvalue weighted by molar-refractivity contribution is 6.24. The second kappa shape index (κ2) is 12.3. The van der Waals surface area contributed by atoms with Gasteiger partial charge in [-0.3, -0.25) is 0 Å². The third kappa shape index (κ3) is 5.08. The van der Waals surface area contributed by atoms with Gasteiger partial charge in [0, 0.05) is 0 Å². The number of ether oxygens (including phenoxy) is 4. The molecule has 0 aromatic heterocycles. The second-order valence-corrected chi connectivity index (χ2v) is 11.1. The van der Waals surface area contributed by atoms with Crippen molar-refractivity contribution in [3.8, 4) is 78.6 Å². The number of hydrogen-bond acceptors (Lipinski definition) is 4. The molecule has 0 amide bonds. The van der Waals surface area contributed by atoms with Crippen molar-refractivity contribution >= 4 is 10.8 Å². The molecule has 2 aliphatic carbocycles. The summed E-state index contributed by atoms with van der Waals surface area (Å²) < 4.78 is 22.3. The predicted molar refractivity (Wildman–Crippen MR) is 189 cm³/mol. The second-order valence-electron chi connectivity index (χ2n) is 11.1. The molecule has 0 spiro atoms. The Morgan fingerprint density at radius 1 is 0.326 bits per heavy atom. The molecule has 0 bridgehead atoms. The summed E-state index contributed by atoms with van der Waals surface area (Å²) >= 11 is 0. The van der Waals surface area contributed by atoms with Gasteiger partial charge in [-0.1, -0.05) is 78.9 Å². The van der Waals surface area contributed by atoms with Gasteiger partial charge in [0.15, 0.2) is 0 Å². The lowest BCUT2D eigenvalue weighted by atomic mass is 9.79. The number of rotatable bonds is 8. The fourth-order valence-electron chi connectivity index (χ4n) is 6.46. The van der Waals surface area contributed by atoms with Crippen LogP contribution in [0.3, 0.4) is 0 Å². The maximum Gasteiger partial charge on any atom is 0.118 e. The molecule has 226 valence electrons. The molecule has 2 aliphatic rings. The van der Waals surface area contributed by atoms with Gasteiger partial charge in [0.25, 0.3) is 0 Å². The van der Waals surface area contributed by atoms with Crippen LogP contribution in [0.1, 0.15) is 0 Å². The van der Waals surface area contributed by atoms with Crippen molar-refractivity contribution in [2.75, 3.05) is 28.4 Å². The molecule has 0 radical (unpaired) electrons. The van der Waals surface area contributed by atoms with E-state index in [2.05, 4.69) is 84.9 Å². The van der Waals surface area contributed by atoms with Crippen LogP contribution in [-0.4, -0.2) is 28.4 Å². The first-order chi connectivity index (χ1) is 22.6. The topological polar surface area (TPSA) is 36.9 Å². The molecule has 0 aliphatic heterocycles. The first kappa shape index (κ1) is 29.0. The van der Waals surface area contributed by atoms with Crippen molar-refractivity contribution in [1.82, 2.24) is 0 Å². The van der Waals surface area contributed by atoms with Crippen molar-refractivity contribution in [3.63, 3.8) is 0 Å². The van der Waals surface area contributed by atoms with Gasteiger partial charge in [0.1, 0.15) is 23.0 Å². The van der Waals surface area contributed by atoms with Gasteiger partial charge in [0.2, 0.25) is 0 Å². The van der Waals surface area contributed by atoms with E-state index < -0.39 is 0 Å². The summed E-state index contributed by atoms with van der Waals surface area (Å²) in [5.41, 5.74) is 11.3. The molecule has 0 unspecified atom stereocenters. The van der Waals surface area contributed by atoms with Crippen molar-refractivity contribution in [3.05, 3.63) is 133 Å². The van der Waals surface area contributed by atoms with Gasteiger partial charge in [-0.2, -0.15) is 0 Å². The first-order valence-electron chi connectivity index (χ1n) is 15.2. The number of fused-ring (bicyclic) bond motifs is 3. The molecule has 4 heteroatoms. The molecule has 0 heterocycles. The fourth-order valence-corrected chi connectivity index (χ4v) is 6.46. The molecule has 46 heavy (non-hydrogen) atoms. The molecule has 5 aromatic rings. The Balaban J connectivity index is 1.73. The van der Waals surface area contributed by atoms with Crippen LogP contribution < -0.4 is 18.9 Å². The van der Waals surface area contributed by atoms with Gasteiger partial charge >= 0.3 is 0 Å². The average molecular weight is 603 g/mol. The minimum atomic E-state index is 0.808. The number of benzene rings is 5. The molecule has 0 saturated heterocycles. The minimum absolute atomic E-state index is 0.808. The lowest BCUT2D eigenvalue weighted by Crippen LogP contribution is -1.97. The Morgan fingerprint density at radius 2 is 0.696 bits per heavy atom. The van der Waals surface area contributed by atoms with E-state index in [1.165, 1.54) is 21.9 Å². The van der Waals surface area contributed by atoms with Crippen molar-refractivity contribution in [2.24, 2.45) is 0 Å². The highest BCUT2D eigenvalue weighted by Gasteiger charge is 2.27. The quantitative estimate of drug-likeness (QED) is 0.173. The Labute approximate surface area is 269 Å². The minimum Gasteiger partial charge on any atom is -0.497 e. The first-order valence-corrected chi connectivity index (χ1v) is 15.2. The maximum absolute atomic E-state index is 5.59. The van der Waals surface area contributed by atoms with Crippen molar-refractivity contribution in [2.45, 2.75) is 0 Å². The van der Waals surface area contributed by atoms with Crippen LogP contribution in [0.25, 0.3) is 66.4 Å². The van der Waals surface area contributed by atoms with Gasteiger partial charge in [0.05, 0.1) is 28.4 Å². The maximum atomic E-state index is 5.59. The fraction of sp³-hybridized carbons (Fsp3) is 0.0952. The van der Waals surface area contributed by atoms with E-state index in [0.717, 1.165) is 67.5 Å². The predicted octanol–water partition coefficient (Wildman–Crippen LogP) is 10.6. The average Bonchev–Trinajstić information content (AvgIpc) is 3.31. The molecule has 0 saturated carbocycles. The van der Waals surface area contributed by atoms with Crippen LogP contribution in [0.4, 0.5) is 0 Å². The Hall–Kier alpha value is -5.74. The lowest BCUT2D eigenvalue weighted by molar-refractivity contribution is 0.414. The summed E-state index contributed by atoms with van der Waals surface area (Å²) in [6.45, 7) is 0. The van der Waals surface area contributed by atoms with Crippen LogP contribution in [-0.2, 0) is 0 Å². The highest BCUT2D eigenvalue weighted by Crippen LogP contribution is 2.54. The SMILES string of the molecule is COc1ccc(-c2c(-c3ccc(OC)cc3)c(-c3ccc(OC)cc3)c3c4cccccc-4cc3c2-c2ccc(OC)cc2)cc1. The Bertz CT molecular complexity index is 2090. The van der Waals surface area contributed by atoms with E-state index in [-0.39, 0.29) is 0 Å². The zero-order chi connectivity index (χ0) is 31.6. The smallest absolute Gasteiger partial charge is 0.118 e. The third-order valence-electron chi connectivity index (χ3n) is 8.69. The van der Waals surface area contributed by atoms with E-state index in [1.54, 1.807) is 28.4 Å². The molecule has 4 nitrogen and oxygen atoms in total. The van der Waals surface area contributed by atoms with E-state index in [9.17, 15) is 0 Å². The summed E-state index contributed by atoms with van der Waals surface area (Å²) in [4.78, 5) is 0. The van der Waals surface area contributed by atoms with Gasteiger partial charge in [-0.15, -0.1) is 0 Å². The van der Waals surface area contributed by atoms with Gasteiger partial charge < -0.3 is 18.9 Å². The van der Waals surface area contributed by atoms with E-state index in [1.807, 2.05) is 48.5 Å². The number of methoxy groups -OCH3 is 4. The third-order valence-corrected chi connectivity index (χ3v) is 8.69. The van der Waals surface area contributed by atoms with Crippen LogP contribution in [0.15, 0.2) is 133 Å². The molecule has 0 atom stereocenters. The number of hydrogen-bond donors (Lipinski definition) is 0. The Kier molecular flexibility index (Phi) is 7.78. The summed E-state index contributed by atoms with van der Waals surface area (Å²) in [5, 5.41) is 2.38.